The molecule has 3 unspecified atom stereocenters. The van der Waals surface area contributed by atoms with E-state index < -0.39 is 6.10 Å². The Labute approximate surface area is 92.0 Å². The Morgan fingerprint density at radius 3 is 2.73 bits per heavy atom. The number of carbonyl (C=O) groups is 1. The van der Waals surface area contributed by atoms with E-state index in [-0.39, 0.29) is 11.8 Å². The highest BCUT2D eigenvalue weighted by Gasteiger charge is 2.32. The number of amides is 1. The standard InChI is InChI=1S/C12H23NO2/c1-2-3-4-5-9-6-7-11(14)10(8-9)12(13)15/h9-11,14H,2-8H2,1H3,(H2,13,15). The molecule has 15 heavy (non-hydrogen) atoms. The molecule has 3 atom stereocenters. The van der Waals surface area contributed by atoms with Gasteiger partial charge in [0, 0.05) is 0 Å². The van der Waals surface area contributed by atoms with E-state index in [2.05, 4.69) is 6.92 Å². The number of nitrogens with two attached hydrogens (primary N) is 1. The first-order chi connectivity index (χ1) is 7.15. The Bertz CT molecular complexity index is 206. The van der Waals surface area contributed by atoms with Crippen LogP contribution in [0.3, 0.4) is 0 Å². The van der Waals surface area contributed by atoms with Crippen molar-refractivity contribution in [3.8, 4) is 0 Å². The van der Waals surface area contributed by atoms with Gasteiger partial charge in [0.25, 0.3) is 0 Å². The number of rotatable bonds is 5. The number of unbranched alkanes of at least 4 members (excludes halogenated alkanes) is 2. The molecular formula is C12H23NO2. The molecule has 3 N–H and O–H groups in total. The number of aliphatic hydroxyl groups excluding tert-OH is 1. The largest absolute Gasteiger partial charge is 0.392 e. The van der Waals surface area contributed by atoms with E-state index in [1.54, 1.807) is 0 Å². The van der Waals surface area contributed by atoms with E-state index in [9.17, 15) is 9.90 Å². The van der Waals surface area contributed by atoms with Gasteiger partial charge in [-0.2, -0.15) is 0 Å². The molecule has 1 aliphatic rings. The van der Waals surface area contributed by atoms with Gasteiger partial charge in [0.1, 0.15) is 0 Å². The third-order valence-corrected chi connectivity index (χ3v) is 3.50. The fourth-order valence-corrected chi connectivity index (χ4v) is 2.49. The number of aliphatic hydroxyl groups is 1. The fourth-order valence-electron chi connectivity index (χ4n) is 2.49. The molecule has 1 rings (SSSR count). The zero-order valence-corrected chi connectivity index (χ0v) is 9.61. The topological polar surface area (TPSA) is 63.3 Å². The summed E-state index contributed by atoms with van der Waals surface area (Å²) in [7, 11) is 0. The highest BCUT2D eigenvalue weighted by atomic mass is 16.3. The van der Waals surface area contributed by atoms with E-state index in [1.807, 2.05) is 0 Å². The normalized spacial score (nSPS) is 31.5. The van der Waals surface area contributed by atoms with Crippen molar-refractivity contribution >= 4 is 5.91 Å². The van der Waals surface area contributed by atoms with Gasteiger partial charge in [-0.25, -0.2) is 0 Å². The summed E-state index contributed by atoms with van der Waals surface area (Å²) in [6.07, 6.45) is 7.01. The minimum atomic E-state index is -0.495. The lowest BCUT2D eigenvalue weighted by Crippen LogP contribution is -2.38. The molecule has 0 aromatic carbocycles. The number of hydrogen-bond donors (Lipinski definition) is 2. The van der Waals surface area contributed by atoms with Gasteiger partial charge in [-0.3, -0.25) is 4.79 Å². The number of carbonyl (C=O) groups excluding carboxylic acids is 1. The lowest BCUT2D eigenvalue weighted by Gasteiger charge is -2.31. The van der Waals surface area contributed by atoms with Crippen LogP contribution in [0.5, 0.6) is 0 Å². The Balaban J connectivity index is 2.33. The molecule has 0 aliphatic heterocycles. The van der Waals surface area contributed by atoms with Gasteiger partial charge in [-0.15, -0.1) is 0 Å². The Kier molecular flexibility index (Phi) is 5.09. The van der Waals surface area contributed by atoms with Crippen LogP contribution in [0.1, 0.15) is 51.9 Å². The van der Waals surface area contributed by atoms with E-state index in [0.717, 1.165) is 19.3 Å². The first-order valence-electron chi connectivity index (χ1n) is 6.12. The molecule has 3 heteroatoms. The van der Waals surface area contributed by atoms with Crippen LogP contribution in [0.2, 0.25) is 0 Å². The minimum Gasteiger partial charge on any atom is -0.392 e. The van der Waals surface area contributed by atoms with Crippen molar-refractivity contribution < 1.29 is 9.90 Å². The van der Waals surface area contributed by atoms with Gasteiger partial charge in [0.15, 0.2) is 0 Å². The lowest BCUT2D eigenvalue weighted by molar-refractivity contribution is -0.127. The first kappa shape index (κ1) is 12.5. The van der Waals surface area contributed by atoms with Crippen molar-refractivity contribution in [2.24, 2.45) is 17.6 Å². The summed E-state index contributed by atoms with van der Waals surface area (Å²) in [6, 6.07) is 0. The van der Waals surface area contributed by atoms with Crippen LogP contribution in [0.15, 0.2) is 0 Å². The average Bonchev–Trinajstić information content (AvgIpc) is 2.20. The molecule has 0 aromatic rings. The molecule has 1 aliphatic carbocycles. The summed E-state index contributed by atoms with van der Waals surface area (Å²) in [4.78, 5) is 11.1. The molecule has 0 heterocycles. The molecule has 0 aromatic heterocycles. The summed E-state index contributed by atoms with van der Waals surface area (Å²) < 4.78 is 0. The van der Waals surface area contributed by atoms with Crippen molar-refractivity contribution in [1.82, 2.24) is 0 Å². The molecule has 1 amide bonds. The van der Waals surface area contributed by atoms with Gasteiger partial charge in [-0.1, -0.05) is 32.6 Å². The second kappa shape index (κ2) is 6.11. The zero-order chi connectivity index (χ0) is 11.3. The Morgan fingerprint density at radius 1 is 1.40 bits per heavy atom. The van der Waals surface area contributed by atoms with Crippen LogP contribution in [0.25, 0.3) is 0 Å². The third-order valence-electron chi connectivity index (χ3n) is 3.50. The van der Waals surface area contributed by atoms with Crippen LogP contribution in [-0.2, 0) is 4.79 Å². The molecule has 1 fully saturated rings. The van der Waals surface area contributed by atoms with Crippen molar-refractivity contribution in [2.75, 3.05) is 0 Å². The average molecular weight is 213 g/mol. The van der Waals surface area contributed by atoms with Crippen LogP contribution in [-0.4, -0.2) is 17.1 Å². The van der Waals surface area contributed by atoms with Gasteiger partial charge in [-0.05, 0) is 25.2 Å². The maximum absolute atomic E-state index is 11.1. The minimum absolute atomic E-state index is 0.301. The summed E-state index contributed by atoms with van der Waals surface area (Å²) in [5.41, 5.74) is 5.28. The molecule has 0 spiro atoms. The predicted molar refractivity (Wildman–Crippen MR) is 60.2 cm³/mol. The highest BCUT2D eigenvalue weighted by Crippen LogP contribution is 2.32. The van der Waals surface area contributed by atoms with Crippen LogP contribution in [0.4, 0.5) is 0 Å². The monoisotopic (exact) mass is 213 g/mol. The van der Waals surface area contributed by atoms with Crippen LogP contribution in [0, 0.1) is 11.8 Å². The molecule has 3 nitrogen and oxygen atoms in total. The highest BCUT2D eigenvalue weighted by molar-refractivity contribution is 5.77. The molecular weight excluding hydrogens is 190 g/mol. The summed E-state index contributed by atoms with van der Waals surface area (Å²) >= 11 is 0. The number of hydrogen-bond acceptors (Lipinski definition) is 2. The van der Waals surface area contributed by atoms with Crippen molar-refractivity contribution in [3.63, 3.8) is 0 Å². The lowest BCUT2D eigenvalue weighted by atomic mass is 9.77. The van der Waals surface area contributed by atoms with Gasteiger partial charge in [0.2, 0.25) is 5.91 Å². The second-order valence-corrected chi connectivity index (χ2v) is 4.75. The summed E-state index contributed by atoms with van der Waals surface area (Å²) in [5, 5.41) is 9.63. The fraction of sp³-hybridized carbons (Fsp3) is 0.917. The van der Waals surface area contributed by atoms with E-state index in [4.69, 9.17) is 5.73 Å². The smallest absolute Gasteiger partial charge is 0.223 e. The second-order valence-electron chi connectivity index (χ2n) is 4.75. The summed E-state index contributed by atoms with van der Waals surface area (Å²) in [5.74, 6) is -0.0366. The zero-order valence-electron chi connectivity index (χ0n) is 9.61. The van der Waals surface area contributed by atoms with E-state index >= 15 is 0 Å². The predicted octanol–water partition coefficient (Wildman–Crippen LogP) is 1.83. The molecule has 0 bridgehead atoms. The van der Waals surface area contributed by atoms with E-state index in [1.165, 1.54) is 25.7 Å². The SMILES string of the molecule is CCCCCC1CCC(O)C(C(N)=O)C1. The maximum Gasteiger partial charge on any atom is 0.223 e. The van der Waals surface area contributed by atoms with Gasteiger partial charge in [0.05, 0.1) is 12.0 Å². The maximum atomic E-state index is 11.1. The van der Waals surface area contributed by atoms with Crippen LogP contribution >= 0.6 is 0 Å². The van der Waals surface area contributed by atoms with Crippen molar-refractivity contribution in [1.29, 1.82) is 0 Å². The van der Waals surface area contributed by atoms with Gasteiger partial charge >= 0.3 is 0 Å². The van der Waals surface area contributed by atoms with E-state index in [0.29, 0.717) is 5.92 Å². The number of primary amides is 1. The van der Waals surface area contributed by atoms with Crippen LogP contribution < -0.4 is 5.73 Å². The van der Waals surface area contributed by atoms with Gasteiger partial charge < -0.3 is 10.8 Å². The molecule has 88 valence electrons. The molecule has 0 radical (unpaired) electrons. The Hall–Kier alpha value is -0.570. The Morgan fingerprint density at radius 2 is 2.13 bits per heavy atom. The third kappa shape index (κ3) is 3.82. The molecule has 1 saturated carbocycles. The first-order valence-corrected chi connectivity index (χ1v) is 6.12. The quantitative estimate of drug-likeness (QED) is 0.684. The summed E-state index contributed by atoms with van der Waals surface area (Å²) in [6.45, 7) is 2.19. The van der Waals surface area contributed by atoms with Crippen molar-refractivity contribution in [2.45, 2.75) is 58.0 Å². The van der Waals surface area contributed by atoms with Crippen molar-refractivity contribution in [3.05, 3.63) is 0 Å². The molecule has 0 saturated heterocycles.